The van der Waals surface area contributed by atoms with Crippen molar-refractivity contribution in [2.75, 3.05) is 0 Å². The highest BCUT2D eigenvalue weighted by Crippen LogP contribution is 2.41. The molecule has 0 saturated carbocycles. The van der Waals surface area contributed by atoms with Crippen molar-refractivity contribution >= 4 is 5.91 Å². The van der Waals surface area contributed by atoms with Crippen LogP contribution in [0.1, 0.15) is 68.7 Å². The van der Waals surface area contributed by atoms with E-state index in [1.165, 1.54) is 0 Å². The van der Waals surface area contributed by atoms with Crippen molar-refractivity contribution in [3.05, 3.63) is 12.2 Å². The fourth-order valence-electron chi connectivity index (χ4n) is 1.97. The van der Waals surface area contributed by atoms with Crippen molar-refractivity contribution in [2.45, 2.75) is 68.7 Å². The molecule has 1 amide bonds. The Balaban J connectivity index is 5.03. The largest absolute Gasteiger partial charge is 0.369 e. The summed E-state index contributed by atoms with van der Waals surface area (Å²) in [6.45, 7) is 19.4. The number of allylic oxidation sites excluding steroid dienone is 2. The number of nitrogens with two attached hydrogens (primary N) is 1. The first-order valence-electron chi connectivity index (χ1n) is 7.11. The summed E-state index contributed by atoms with van der Waals surface area (Å²) in [5.41, 5.74) is 5.27. The van der Waals surface area contributed by atoms with Crippen LogP contribution in [-0.2, 0) is 4.79 Å². The highest BCUT2D eigenvalue weighted by Gasteiger charge is 2.34. The van der Waals surface area contributed by atoms with E-state index in [0.29, 0.717) is 0 Å². The summed E-state index contributed by atoms with van der Waals surface area (Å²) < 4.78 is 0. The lowest BCUT2D eigenvalue weighted by atomic mass is 9.67. The summed E-state index contributed by atoms with van der Waals surface area (Å²) in [7, 11) is 0. The van der Waals surface area contributed by atoms with Crippen molar-refractivity contribution in [1.82, 2.24) is 0 Å². The van der Waals surface area contributed by atoms with Crippen LogP contribution in [-0.4, -0.2) is 5.91 Å². The van der Waals surface area contributed by atoms with E-state index in [9.17, 15) is 4.79 Å². The smallest absolute Gasteiger partial charge is 0.223 e. The zero-order chi connectivity index (χ0) is 15.7. The molecular formula is C17H33NO. The van der Waals surface area contributed by atoms with Crippen LogP contribution < -0.4 is 5.73 Å². The van der Waals surface area contributed by atoms with Gasteiger partial charge in [0, 0.05) is 5.41 Å². The Kier molecular flexibility index (Phi) is 5.08. The molecule has 112 valence electrons. The second kappa shape index (κ2) is 5.30. The fraction of sp³-hybridized carbons (Fsp3) is 0.824. The standard InChI is InChI=1S/C17H33NO/c1-14(2,3)17(8,9)11-10-15(4,5)12-16(6,7)13(18)19/h10-11H,12H2,1-9H3,(H2,18,19)/b11-10-. The molecule has 0 aromatic heterocycles. The van der Waals surface area contributed by atoms with E-state index < -0.39 is 5.41 Å². The predicted molar refractivity (Wildman–Crippen MR) is 83.7 cm³/mol. The normalized spacial score (nSPS) is 15.0. The van der Waals surface area contributed by atoms with Crippen molar-refractivity contribution in [1.29, 1.82) is 0 Å². The van der Waals surface area contributed by atoms with Gasteiger partial charge in [-0.15, -0.1) is 0 Å². The molecule has 2 nitrogen and oxygen atoms in total. The van der Waals surface area contributed by atoms with E-state index in [-0.39, 0.29) is 22.2 Å². The van der Waals surface area contributed by atoms with Crippen LogP contribution in [0.25, 0.3) is 0 Å². The monoisotopic (exact) mass is 267 g/mol. The second-order valence-electron chi connectivity index (χ2n) is 8.72. The van der Waals surface area contributed by atoms with E-state index in [4.69, 9.17) is 5.73 Å². The van der Waals surface area contributed by atoms with E-state index in [0.717, 1.165) is 6.42 Å². The van der Waals surface area contributed by atoms with Crippen molar-refractivity contribution in [3.8, 4) is 0 Å². The van der Waals surface area contributed by atoms with Gasteiger partial charge >= 0.3 is 0 Å². The first-order chi connectivity index (χ1) is 8.11. The van der Waals surface area contributed by atoms with Crippen molar-refractivity contribution in [2.24, 2.45) is 27.4 Å². The Labute approximate surface area is 119 Å². The van der Waals surface area contributed by atoms with Gasteiger partial charge in [-0.3, -0.25) is 4.79 Å². The van der Waals surface area contributed by atoms with Gasteiger partial charge in [0.05, 0.1) is 0 Å². The van der Waals surface area contributed by atoms with Crippen LogP contribution in [0.5, 0.6) is 0 Å². The minimum absolute atomic E-state index is 0.0406. The highest BCUT2D eigenvalue weighted by molar-refractivity contribution is 5.79. The summed E-state index contributed by atoms with van der Waals surface area (Å²) in [6.07, 6.45) is 5.28. The third-order valence-electron chi connectivity index (χ3n) is 4.45. The second-order valence-corrected chi connectivity index (χ2v) is 8.72. The minimum atomic E-state index is -0.473. The Bertz CT molecular complexity index is 354. The lowest BCUT2D eigenvalue weighted by Gasteiger charge is -2.38. The molecule has 2 heteroatoms. The van der Waals surface area contributed by atoms with Gasteiger partial charge in [0.25, 0.3) is 0 Å². The van der Waals surface area contributed by atoms with Crippen LogP contribution in [0.3, 0.4) is 0 Å². The van der Waals surface area contributed by atoms with Crippen LogP contribution in [0, 0.1) is 21.7 Å². The molecule has 0 saturated heterocycles. The average molecular weight is 267 g/mol. The van der Waals surface area contributed by atoms with Gasteiger partial charge in [0.2, 0.25) is 5.91 Å². The van der Waals surface area contributed by atoms with E-state index in [2.05, 4.69) is 60.6 Å². The summed E-state index contributed by atoms with van der Waals surface area (Å²) in [5.74, 6) is -0.232. The SMILES string of the molecule is CC(C)(/C=C\C(C)(C)C(C)(C)C)CC(C)(C)C(N)=O. The number of carbonyl (C=O) groups is 1. The van der Waals surface area contributed by atoms with Gasteiger partial charge in [-0.25, -0.2) is 0 Å². The highest BCUT2D eigenvalue weighted by atomic mass is 16.1. The summed E-state index contributed by atoms with van der Waals surface area (Å²) in [5, 5.41) is 0. The molecule has 0 aromatic rings. The van der Waals surface area contributed by atoms with Crippen LogP contribution in [0.2, 0.25) is 0 Å². The Morgan fingerprint density at radius 2 is 1.32 bits per heavy atom. The molecule has 0 unspecified atom stereocenters. The van der Waals surface area contributed by atoms with Gasteiger partial charge < -0.3 is 5.73 Å². The summed E-state index contributed by atoms with van der Waals surface area (Å²) >= 11 is 0. The fourth-order valence-corrected chi connectivity index (χ4v) is 1.97. The quantitative estimate of drug-likeness (QED) is 0.730. The van der Waals surface area contributed by atoms with Gasteiger partial charge in [-0.2, -0.15) is 0 Å². The molecule has 0 aromatic carbocycles. The number of amides is 1. The molecule has 0 aliphatic rings. The number of rotatable bonds is 5. The molecule has 0 aliphatic heterocycles. The Morgan fingerprint density at radius 1 is 0.895 bits per heavy atom. The molecule has 0 bridgehead atoms. The maximum absolute atomic E-state index is 11.5. The van der Waals surface area contributed by atoms with E-state index in [1.807, 2.05) is 13.8 Å². The molecule has 0 rings (SSSR count). The molecular weight excluding hydrogens is 234 g/mol. The molecule has 0 spiro atoms. The third kappa shape index (κ3) is 5.38. The van der Waals surface area contributed by atoms with E-state index in [1.54, 1.807) is 0 Å². The number of hydrogen-bond donors (Lipinski definition) is 1. The molecule has 0 heterocycles. The minimum Gasteiger partial charge on any atom is -0.369 e. The van der Waals surface area contributed by atoms with Gasteiger partial charge in [0.1, 0.15) is 0 Å². The first kappa shape index (κ1) is 18.2. The summed E-state index contributed by atoms with van der Waals surface area (Å²) in [4.78, 5) is 11.5. The van der Waals surface area contributed by atoms with Gasteiger partial charge in [0.15, 0.2) is 0 Å². The topological polar surface area (TPSA) is 43.1 Å². The average Bonchev–Trinajstić information content (AvgIpc) is 2.11. The molecule has 0 fully saturated rings. The maximum Gasteiger partial charge on any atom is 0.223 e. The number of carbonyl (C=O) groups excluding carboxylic acids is 1. The molecule has 19 heavy (non-hydrogen) atoms. The lowest BCUT2D eigenvalue weighted by Crippen LogP contribution is -2.35. The molecule has 2 N–H and O–H groups in total. The zero-order valence-corrected chi connectivity index (χ0v) is 14.3. The van der Waals surface area contributed by atoms with Gasteiger partial charge in [-0.1, -0.05) is 74.5 Å². The third-order valence-corrected chi connectivity index (χ3v) is 4.45. The number of hydrogen-bond acceptors (Lipinski definition) is 1. The molecule has 0 radical (unpaired) electrons. The first-order valence-corrected chi connectivity index (χ1v) is 7.11. The van der Waals surface area contributed by atoms with Crippen LogP contribution in [0.15, 0.2) is 12.2 Å². The maximum atomic E-state index is 11.5. The summed E-state index contributed by atoms with van der Waals surface area (Å²) in [6, 6.07) is 0. The van der Waals surface area contributed by atoms with E-state index >= 15 is 0 Å². The van der Waals surface area contributed by atoms with Crippen molar-refractivity contribution in [3.63, 3.8) is 0 Å². The molecule has 0 atom stereocenters. The van der Waals surface area contributed by atoms with Crippen molar-refractivity contribution < 1.29 is 4.79 Å². The zero-order valence-electron chi connectivity index (χ0n) is 14.3. The molecule has 0 aliphatic carbocycles. The van der Waals surface area contributed by atoms with Crippen LogP contribution >= 0.6 is 0 Å². The van der Waals surface area contributed by atoms with Gasteiger partial charge in [-0.05, 0) is 22.7 Å². The Hall–Kier alpha value is -0.790. The lowest BCUT2D eigenvalue weighted by molar-refractivity contribution is -0.127. The number of primary amides is 1. The van der Waals surface area contributed by atoms with Crippen LogP contribution in [0.4, 0.5) is 0 Å². The predicted octanol–water partition coefficient (Wildman–Crippen LogP) is 4.54. The Morgan fingerprint density at radius 3 is 1.63 bits per heavy atom.